The van der Waals surface area contributed by atoms with Gasteiger partial charge in [0.15, 0.2) is 0 Å². The highest BCUT2D eigenvalue weighted by Crippen LogP contribution is 2.21. The molecule has 16 heavy (non-hydrogen) atoms. The van der Waals surface area contributed by atoms with Crippen LogP contribution in [0, 0.1) is 0 Å². The molecule has 1 aliphatic rings. The molecule has 0 spiro atoms. The second-order valence-electron chi connectivity index (χ2n) is 3.85. The summed E-state index contributed by atoms with van der Waals surface area (Å²) in [5.41, 5.74) is 3.18. The quantitative estimate of drug-likeness (QED) is 0.788. The van der Waals surface area contributed by atoms with Crippen LogP contribution in [0.2, 0.25) is 0 Å². The Morgan fingerprint density at radius 2 is 2.31 bits per heavy atom. The van der Waals surface area contributed by atoms with Crippen LogP contribution in [0.4, 0.5) is 0 Å². The van der Waals surface area contributed by atoms with Gasteiger partial charge in [0, 0.05) is 6.07 Å². The molecule has 1 aromatic carbocycles. The molecule has 2 heterocycles. The summed E-state index contributed by atoms with van der Waals surface area (Å²) in [5.74, 6) is 0.249. The monoisotopic (exact) mass is 216 g/mol. The molecule has 0 atom stereocenters. The highest BCUT2D eigenvalue weighted by molar-refractivity contribution is 5.40. The minimum atomic E-state index is 0.249. The Labute approximate surface area is 93.1 Å². The van der Waals surface area contributed by atoms with E-state index >= 15 is 0 Å². The minimum Gasteiger partial charge on any atom is -0.508 e. The number of hydrogen-bond donors (Lipinski definition) is 1. The number of aromatic hydroxyl groups is 1. The summed E-state index contributed by atoms with van der Waals surface area (Å²) in [6, 6.07) is 7.07. The number of phenols is 1. The van der Waals surface area contributed by atoms with E-state index in [1.165, 1.54) is 5.56 Å². The molecule has 82 valence electrons. The van der Waals surface area contributed by atoms with Gasteiger partial charge >= 0.3 is 0 Å². The number of aromatic nitrogens is 2. The van der Waals surface area contributed by atoms with E-state index in [1.54, 1.807) is 12.1 Å². The maximum absolute atomic E-state index is 9.44. The lowest BCUT2D eigenvalue weighted by Crippen LogP contribution is -2.12. The highest BCUT2D eigenvalue weighted by Gasteiger charge is 2.16. The Morgan fingerprint density at radius 3 is 3.19 bits per heavy atom. The number of nitrogens with zero attached hydrogens (tertiary/aromatic N) is 2. The molecule has 2 aromatic rings. The first-order chi connectivity index (χ1) is 7.84. The molecule has 0 saturated carbocycles. The molecular formula is C12H12N2O2. The summed E-state index contributed by atoms with van der Waals surface area (Å²) in [7, 11) is 0. The Hall–Kier alpha value is -1.81. The van der Waals surface area contributed by atoms with Gasteiger partial charge in [-0.3, -0.25) is 0 Å². The number of ether oxygens (including phenoxy) is 1. The Balaban J connectivity index is 2.09. The lowest BCUT2D eigenvalue weighted by molar-refractivity contribution is 0.106. The van der Waals surface area contributed by atoms with E-state index < -0.39 is 0 Å². The highest BCUT2D eigenvalue weighted by atomic mass is 16.5. The zero-order chi connectivity index (χ0) is 11.0. The maximum Gasteiger partial charge on any atom is 0.117 e. The van der Waals surface area contributed by atoms with Crippen molar-refractivity contribution < 1.29 is 9.84 Å². The summed E-state index contributed by atoms with van der Waals surface area (Å²) in [6.45, 7) is 1.35. The number of rotatable bonds is 1. The van der Waals surface area contributed by atoms with Crippen molar-refractivity contribution in [1.29, 1.82) is 0 Å². The van der Waals surface area contributed by atoms with Crippen molar-refractivity contribution in [1.82, 2.24) is 9.78 Å². The van der Waals surface area contributed by atoms with E-state index in [0.717, 1.165) is 24.4 Å². The fraction of sp³-hybridized carbons (Fsp3) is 0.250. The van der Waals surface area contributed by atoms with Crippen molar-refractivity contribution in [2.24, 2.45) is 0 Å². The number of fused-ring (bicyclic) bond motifs is 1. The van der Waals surface area contributed by atoms with E-state index in [1.807, 2.05) is 23.0 Å². The third kappa shape index (κ3) is 1.47. The first-order valence-corrected chi connectivity index (χ1v) is 5.27. The van der Waals surface area contributed by atoms with Crippen LogP contribution in [0.5, 0.6) is 5.75 Å². The lowest BCUT2D eigenvalue weighted by atomic mass is 10.1. The van der Waals surface area contributed by atoms with Gasteiger partial charge in [-0.25, -0.2) is 4.68 Å². The van der Waals surface area contributed by atoms with Gasteiger partial charge in [-0.1, -0.05) is 6.07 Å². The van der Waals surface area contributed by atoms with Crippen molar-refractivity contribution in [2.75, 3.05) is 6.61 Å². The van der Waals surface area contributed by atoms with Crippen molar-refractivity contribution in [3.63, 3.8) is 0 Å². The summed E-state index contributed by atoms with van der Waals surface area (Å²) in [6.07, 6.45) is 2.79. The van der Waals surface area contributed by atoms with Crippen molar-refractivity contribution in [3.8, 4) is 11.4 Å². The third-order valence-corrected chi connectivity index (χ3v) is 2.78. The van der Waals surface area contributed by atoms with E-state index in [0.29, 0.717) is 6.61 Å². The molecule has 0 aliphatic carbocycles. The van der Waals surface area contributed by atoms with Crippen LogP contribution < -0.4 is 0 Å². The van der Waals surface area contributed by atoms with Crippen LogP contribution in [0.1, 0.15) is 11.3 Å². The van der Waals surface area contributed by atoms with Crippen LogP contribution in [-0.4, -0.2) is 21.5 Å². The molecular weight excluding hydrogens is 204 g/mol. The van der Waals surface area contributed by atoms with E-state index in [4.69, 9.17) is 4.74 Å². The Kier molecular flexibility index (Phi) is 2.15. The summed E-state index contributed by atoms with van der Waals surface area (Å²) in [5, 5.41) is 13.8. The lowest BCUT2D eigenvalue weighted by Gasteiger charge is -2.14. The molecule has 4 heteroatoms. The maximum atomic E-state index is 9.44. The molecule has 3 rings (SSSR count). The van der Waals surface area contributed by atoms with Crippen LogP contribution in [0.3, 0.4) is 0 Å². The van der Waals surface area contributed by atoms with Crippen LogP contribution >= 0.6 is 0 Å². The number of hydrogen-bond acceptors (Lipinski definition) is 3. The molecule has 4 nitrogen and oxygen atoms in total. The zero-order valence-corrected chi connectivity index (χ0v) is 8.76. The average Bonchev–Trinajstić information content (AvgIpc) is 2.72. The van der Waals surface area contributed by atoms with Crippen LogP contribution in [0.15, 0.2) is 30.5 Å². The second kappa shape index (κ2) is 3.64. The zero-order valence-electron chi connectivity index (χ0n) is 8.76. The fourth-order valence-corrected chi connectivity index (χ4v) is 1.97. The predicted octanol–water partition coefficient (Wildman–Crippen LogP) is 1.65. The first kappa shape index (κ1) is 9.42. The van der Waals surface area contributed by atoms with Gasteiger partial charge in [0.1, 0.15) is 5.75 Å². The molecule has 0 bridgehead atoms. The molecule has 0 radical (unpaired) electrons. The van der Waals surface area contributed by atoms with Crippen LogP contribution in [-0.2, 0) is 17.8 Å². The average molecular weight is 216 g/mol. The summed E-state index contributed by atoms with van der Waals surface area (Å²) < 4.78 is 7.25. The number of phenolic OH excluding ortho intramolecular Hbond substituents is 1. The molecule has 0 saturated heterocycles. The smallest absolute Gasteiger partial charge is 0.117 e. The van der Waals surface area contributed by atoms with Crippen molar-refractivity contribution in [3.05, 3.63) is 41.7 Å². The van der Waals surface area contributed by atoms with Gasteiger partial charge in [0.05, 0.1) is 30.8 Å². The van der Waals surface area contributed by atoms with Gasteiger partial charge in [-0.2, -0.15) is 5.10 Å². The van der Waals surface area contributed by atoms with Gasteiger partial charge in [0.2, 0.25) is 0 Å². The fourth-order valence-electron chi connectivity index (χ4n) is 1.97. The van der Waals surface area contributed by atoms with Crippen molar-refractivity contribution >= 4 is 0 Å². The first-order valence-electron chi connectivity index (χ1n) is 5.27. The third-order valence-electron chi connectivity index (χ3n) is 2.78. The van der Waals surface area contributed by atoms with Gasteiger partial charge in [0.25, 0.3) is 0 Å². The Morgan fingerprint density at radius 1 is 1.38 bits per heavy atom. The molecule has 1 aliphatic heterocycles. The van der Waals surface area contributed by atoms with E-state index in [9.17, 15) is 5.11 Å². The topological polar surface area (TPSA) is 47.3 Å². The van der Waals surface area contributed by atoms with Gasteiger partial charge in [-0.05, 0) is 24.1 Å². The normalized spacial score (nSPS) is 14.8. The largest absolute Gasteiger partial charge is 0.508 e. The standard InChI is InChI=1S/C12H12N2O2/c15-11-3-1-2-10(6-11)14-12-8-16-5-4-9(12)7-13-14/h1-3,6-7,15H,4-5,8H2. The SMILES string of the molecule is Oc1cccc(-n2ncc3c2COCC3)c1. The van der Waals surface area contributed by atoms with Gasteiger partial charge < -0.3 is 9.84 Å². The second-order valence-corrected chi connectivity index (χ2v) is 3.85. The molecule has 0 unspecified atom stereocenters. The summed E-state index contributed by atoms with van der Waals surface area (Å²) in [4.78, 5) is 0. The molecule has 0 amide bonds. The molecule has 1 aromatic heterocycles. The van der Waals surface area contributed by atoms with E-state index in [2.05, 4.69) is 5.10 Å². The van der Waals surface area contributed by atoms with Crippen LogP contribution in [0.25, 0.3) is 5.69 Å². The minimum absolute atomic E-state index is 0.249. The molecule has 1 N–H and O–H groups in total. The Bertz CT molecular complexity index is 519. The number of benzene rings is 1. The molecule has 0 fully saturated rings. The predicted molar refractivity (Wildman–Crippen MR) is 58.6 cm³/mol. The summed E-state index contributed by atoms with van der Waals surface area (Å²) >= 11 is 0. The van der Waals surface area contributed by atoms with Crippen molar-refractivity contribution in [2.45, 2.75) is 13.0 Å². The van der Waals surface area contributed by atoms with E-state index in [-0.39, 0.29) is 5.75 Å². The van der Waals surface area contributed by atoms with Gasteiger partial charge in [-0.15, -0.1) is 0 Å².